The number of nitrogens with zero attached hydrogens (tertiary/aromatic N) is 7. The lowest BCUT2D eigenvalue weighted by Gasteiger charge is -2.35. The molecule has 1 aliphatic heterocycles. The Hall–Kier alpha value is -5.58. The average Bonchev–Trinajstić information content (AvgIpc) is 3.52. The number of aryl methyl sites for hydroxylation is 2. The van der Waals surface area contributed by atoms with Crippen LogP contribution in [0.25, 0.3) is 22.5 Å². The minimum atomic E-state index is -0.555. The van der Waals surface area contributed by atoms with Gasteiger partial charge in [0.2, 0.25) is 5.95 Å². The first-order valence-electron chi connectivity index (χ1n) is 15.7. The summed E-state index contributed by atoms with van der Waals surface area (Å²) in [7, 11) is 0. The highest BCUT2D eigenvalue weighted by molar-refractivity contribution is 5.94. The molecule has 4 heterocycles. The molecule has 0 unspecified atom stereocenters. The van der Waals surface area contributed by atoms with E-state index in [1.807, 2.05) is 80.2 Å². The van der Waals surface area contributed by atoms with Crippen LogP contribution in [0.2, 0.25) is 0 Å². The number of ether oxygens (including phenoxy) is 1. The van der Waals surface area contributed by atoms with Crippen LogP contribution < -0.4 is 5.32 Å². The van der Waals surface area contributed by atoms with Crippen molar-refractivity contribution in [1.82, 2.24) is 34.5 Å². The molecule has 2 amide bonds. The number of hydrogen-bond donors (Lipinski definition) is 1. The van der Waals surface area contributed by atoms with Crippen molar-refractivity contribution in [3.05, 3.63) is 109 Å². The van der Waals surface area contributed by atoms with Crippen LogP contribution in [-0.2, 0) is 17.7 Å². The fraction of sp³-hybridized carbons (Fsp3) is 0.297. The van der Waals surface area contributed by atoms with Gasteiger partial charge in [-0.05, 0) is 75.2 Å². The fourth-order valence-electron chi connectivity index (χ4n) is 5.32. The average molecular weight is 649 g/mol. The van der Waals surface area contributed by atoms with Crippen LogP contribution in [0, 0.1) is 0 Å². The second kappa shape index (κ2) is 14.9. The zero-order chi connectivity index (χ0) is 32.8. The van der Waals surface area contributed by atoms with Crippen LogP contribution in [-0.4, -0.2) is 78.3 Å². The van der Waals surface area contributed by atoms with E-state index in [-0.39, 0.29) is 20.9 Å². The third-order valence-electron chi connectivity index (χ3n) is 7.71. The molecule has 5 aromatic rings. The molecule has 2 aromatic carbocycles. The van der Waals surface area contributed by atoms with Gasteiger partial charge in [-0.25, -0.2) is 14.8 Å². The largest absolute Gasteiger partial charge is 0.444 e. The lowest BCUT2D eigenvalue weighted by Crippen LogP contribution is -2.51. The van der Waals surface area contributed by atoms with Gasteiger partial charge in [0, 0.05) is 81.3 Å². The Labute approximate surface area is 283 Å². The molecule has 1 fully saturated rings. The topological polar surface area (TPSA) is 118 Å². The van der Waals surface area contributed by atoms with E-state index >= 15 is 0 Å². The maximum absolute atomic E-state index is 13.2. The first-order chi connectivity index (χ1) is 22.7. The van der Waals surface area contributed by atoms with E-state index in [1.54, 1.807) is 40.5 Å². The van der Waals surface area contributed by atoms with Gasteiger partial charge in [0.1, 0.15) is 11.3 Å². The van der Waals surface area contributed by atoms with Crippen molar-refractivity contribution in [3.63, 3.8) is 0 Å². The van der Waals surface area contributed by atoms with Gasteiger partial charge in [0.25, 0.3) is 5.91 Å². The Morgan fingerprint density at radius 3 is 2.31 bits per heavy atom. The van der Waals surface area contributed by atoms with E-state index < -0.39 is 5.60 Å². The Kier molecular flexibility index (Phi) is 10.5. The molecular formula is C37H44N8O3. The Morgan fingerprint density at radius 2 is 1.62 bits per heavy atom. The van der Waals surface area contributed by atoms with Gasteiger partial charge in [-0.2, -0.15) is 5.10 Å². The molecule has 1 aliphatic rings. The van der Waals surface area contributed by atoms with Gasteiger partial charge in [-0.1, -0.05) is 37.8 Å². The molecule has 48 heavy (non-hydrogen) atoms. The molecule has 0 spiro atoms. The van der Waals surface area contributed by atoms with Crippen molar-refractivity contribution in [2.75, 3.05) is 31.5 Å². The third-order valence-corrected chi connectivity index (χ3v) is 7.71. The smallest absolute Gasteiger partial charge is 0.410 e. The molecule has 0 saturated carbocycles. The van der Waals surface area contributed by atoms with Crippen LogP contribution in [0.4, 0.5) is 16.4 Å². The van der Waals surface area contributed by atoms with E-state index in [2.05, 4.69) is 27.4 Å². The van der Waals surface area contributed by atoms with E-state index in [0.717, 1.165) is 41.2 Å². The van der Waals surface area contributed by atoms with E-state index in [9.17, 15) is 9.59 Å². The van der Waals surface area contributed by atoms with Crippen LogP contribution >= 0.6 is 0 Å². The lowest BCUT2D eigenvalue weighted by atomic mass is 10.1. The number of piperazine rings is 1. The number of amides is 2. The fourth-order valence-corrected chi connectivity index (χ4v) is 5.32. The number of hydrogen-bond acceptors (Lipinski definition) is 8. The molecule has 1 N–H and O–H groups in total. The van der Waals surface area contributed by atoms with Gasteiger partial charge >= 0.3 is 6.09 Å². The molecule has 0 atom stereocenters. The first-order valence-corrected chi connectivity index (χ1v) is 15.7. The Balaban J connectivity index is 0.00000270. The monoisotopic (exact) mass is 648 g/mol. The Morgan fingerprint density at radius 1 is 0.896 bits per heavy atom. The van der Waals surface area contributed by atoms with E-state index in [0.29, 0.717) is 37.7 Å². The highest BCUT2D eigenvalue weighted by atomic mass is 16.6. The Bertz CT molecular complexity index is 1820. The summed E-state index contributed by atoms with van der Waals surface area (Å²) in [6, 6.07) is 23.3. The van der Waals surface area contributed by atoms with Crippen molar-refractivity contribution in [1.29, 1.82) is 0 Å². The van der Waals surface area contributed by atoms with Crippen molar-refractivity contribution in [3.8, 4) is 22.5 Å². The van der Waals surface area contributed by atoms with Gasteiger partial charge in [-0.3, -0.25) is 14.5 Å². The number of pyridine rings is 1. The number of rotatable bonds is 8. The molecule has 11 heteroatoms. The summed E-state index contributed by atoms with van der Waals surface area (Å²) in [4.78, 5) is 42.5. The summed E-state index contributed by atoms with van der Waals surface area (Å²) in [6.07, 6.45) is 7.78. The molecule has 0 radical (unpaired) electrons. The predicted octanol–water partition coefficient (Wildman–Crippen LogP) is 6.96. The van der Waals surface area contributed by atoms with Crippen molar-refractivity contribution < 1.29 is 15.8 Å². The van der Waals surface area contributed by atoms with Crippen LogP contribution in [0.3, 0.4) is 0 Å². The second-order valence-electron chi connectivity index (χ2n) is 12.4. The van der Waals surface area contributed by atoms with Gasteiger partial charge in [0.15, 0.2) is 0 Å². The highest BCUT2D eigenvalue weighted by Gasteiger charge is 2.28. The van der Waals surface area contributed by atoms with Crippen molar-refractivity contribution in [2.45, 2.75) is 46.8 Å². The zero-order valence-corrected chi connectivity index (χ0v) is 26.8. The van der Waals surface area contributed by atoms with Gasteiger partial charge in [-0.15, -0.1) is 0 Å². The van der Waals surface area contributed by atoms with Crippen LogP contribution in [0.15, 0.2) is 97.6 Å². The minimum absolute atomic E-state index is 0. The molecular weight excluding hydrogens is 604 g/mol. The van der Waals surface area contributed by atoms with Crippen LogP contribution in [0.1, 0.15) is 45.5 Å². The number of nitrogens with one attached hydrogen (secondary N) is 1. The number of aromatic nitrogens is 5. The SMILES string of the molecule is C.CC(C)(C)OC(=O)N1CCN(C(=O)c2ccc(Nc3nccc(-c4cn(CCc5ccccc5)nc4-c4cccnc4)n3)cc2)CC1.[HH]. The molecule has 11 nitrogen and oxygen atoms in total. The standard InChI is InChI=1S/C36H38N8O3.CH4.H2/c1-36(2,3)47-35(46)43-22-20-42(21-23-43)33(45)27-11-13-29(14-12-27)39-34-38-18-15-31(40-34)30-25-44(19-16-26-8-5-4-6-9-26)41-32(30)28-10-7-17-37-24-28;;/h4-15,17-18,24-25H,16,19-23H2,1-3H3,(H,38,39,40);1H4;1H. The number of carbonyl (C=O) groups is 2. The third kappa shape index (κ3) is 8.41. The molecule has 6 rings (SSSR count). The first kappa shape index (κ1) is 33.8. The van der Waals surface area contributed by atoms with E-state index in [1.165, 1.54) is 5.56 Å². The summed E-state index contributed by atoms with van der Waals surface area (Å²) >= 11 is 0. The number of carbonyl (C=O) groups excluding carboxylic acids is 2. The molecule has 3 aromatic heterocycles. The minimum Gasteiger partial charge on any atom is -0.444 e. The van der Waals surface area contributed by atoms with Gasteiger partial charge < -0.3 is 19.9 Å². The van der Waals surface area contributed by atoms with Gasteiger partial charge in [0.05, 0.1) is 5.69 Å². The summed E-state index contributed by atoms with van der Waals surface area (Å²) < 4.78 is 7.42. The number of benzene rings is 2. The zero-order valence-electron chi connectivity index (χ0n) is 26.8. The summed E-state index contributed by atoms with van der Waals surface area (Å²) in [5.41, 5.74) is 5.31. The van der Waals surface area contributed by atoms with Crippen molar-refractivity contribution in [2.24, 2.45) is 0 Å². The predicted molar refractivity (Wildman–Crippen MR) is 189 cm³/mol. The summed E-state index contributed by atoms with van der Waals surface area (Å²) in [6.45, 7) is 8.01. The number of anilines is 2. The normalized spacial score (nSPS) is 13.1. The van der Waals surface area contributed by atoms with Crippen LogP contribution in [0.5, 0.6) is 0 Å². The summed E-state index contributed by atoms with van der Waals surface area (Å²) in [5, 5.41) is 8.18. The maximum Gasteiger partial charge on any atom is 0.410 e. The molecule has 1 saturated heterocycles. The maximum atomic E-state index is 13.2. The van der Waals surface area contributed by atoms with E-state index in [4.69, 9.17) is 14.8 Å². The molecule has 250 valence electrons. The van der Waals surface area contributed by atoms with Crippen molar-refractivity contribution >= 4 is 23.6 Å². The molecule has 0 aliphatic carbocycles. The molecule has 0 bridgehead atoms. The quantitative estimate of drug-likeness (QED) is 0.192. The second-order valence-corrected chi connectivity index (χ2v) is 12.4. The highest BCUT2D eigenvalue weighted by Crippen LogP contribution is 2.30. The lowest BCUT2D eigenvalue weighted by molar-refractivity contribution is 0.0141. The summed E-state index contributed by atoms with van der Waals surface area (Å²) in [5.74, 6) is 0.347.